The van der Waals surface area contributed by atoms with Gasteiger partial charge < -0.3 is 24.4 Å². The van der Waals surface area contributed by atoms with E-state index in [4.69, 9.17) is 9.15 Å². The second kappa shape index (κ2) is 8.94. The number of carbonyl (C=O) groups is 1. The minimum atomic E-state index is -0.248. The first-order valence-corrected chi connectivity index (χ1v) is 11.4. The predicted molar refractivity (Wildman–Crippen MR) is 129 cm³/mol. The predicted octanol–water partition coefficient (Wildman–Crippen LogP) is 6.22. The maximum absolute atomic E-state index is 12.0. The number of fused-ring (bicyclic) bond motifs is 1. The van der Waals surface area contributed by atoms with Gasteiger partial charge in [-0.15, -0.1) is 0 Å². The van der Waals surface area contributed by atoms with E-state index in [1.54, 1.807) is 0 Å². The molecule has 1 aliphatic rings. The Kier molecular flexibility index (Phi) is 5.68. The molecule has 2 aromatic carbocycles. The van der Waals surface area contributed by atoms with Gasteiger partial charge in [0.2, 0.25) is 0 Å². The van der Waals surface area contributed by atoms with E-state index in [9.17, 15) is 10.1 Å². The van der Waals surface area contributed by atoms with Crippen molar-refractivity contribution in [3.63, 3.8) is 0 Å². The van der Waals surface area contributed by atoms with Crippen LogP contribution in [0.3, 0.4) is 0 Å². The fourth-order valence-corrected chi connectivity index (χ4v) is 4.28. The van der Waals surface area contributed by atoms with Crippen LogP contribution in [0.15, 0.2) is 59.3 Å². The molecule has 2 aromatic heterocycles. The molecule has 4 aromatic rings. The van der Waals surface area contributed by atoms with Gasteiger partial charge in [-0.25, -0.2) is 4.79 Å². The first kappa shape index (κ1) is 21.6. The fraction of sp³-hybridized carbons (Fsp3) is 0.269. The molecule has 0 unspecified atom stereocenters. The number of benzene rings is 2. The van der Waals surface area contributed by atoms with Gasteiger partial charge >= 0.3 is 12.1 Å². The lowest BCUT2D eigenvalue weighted by molar-refractivity contribution is 0.250. The summed E-state index contributed by atoms with van der Waals surface area (Å²) in [5.74, 6) is 0.597. The van der Waals surface area contributed by atoms with Crippen LogP contribution in [0.5, 0.6) is 11.8 Å². The average Bonchev–Trinajstić information content (AvgIpc) is 3.39. The van der Waals surface area contributed by atoms with E-state index in [1.165, 1.54) is 12.5 Å². The Balaban J connectivity index is 1.56. The average molecular weight is 456 g/mol. The summed E-state index contributed by atoms with van der Waals surface area (Å²) >= 11 is 0. The van der Waals surface area contributed by atoms with Gasteiger partial charge in [0.1, 0.15) is 18.1 Å². The summed E-state index contributed by atoms with van der Waals surface area (Å²) in [6.45, 7) is 3.82. The highest BCUT2D eigenvalue weighted by Gasteiger charge is 2.28. The lowest BCUT2D eigenvalue weighted by Crippen LogP contribution is -2.34. The molecule has 8 nitrogen and oxygen atoms in total. The van der Waals surface area contributed by atoms with Crippen molar-refractivity contribution in [2.45, 2.75) is 45.2 Å². The third kappa shape index (κ3) is 4.08. The Bertz CT molecular complexity index is 1360. The van der Waals surface area contributed by atoms with Gasteiger partial charge in [-0.3, -0.25) is 0 Å². The number of amides is 2. The number of nitrogens with zero attached hydrogens (tertiary/aromatic N) is 3. The maximum atomic E-state index is 12.0. The molecule has 0 atom stereocenters. The lowest BCUT2D eigenvalue weighted by atomic mass is 9.92. The number of anilines is 1. The lowest BCUT2D eigenvalue weighted by Gasteiger charge is -2.30. The summed E-state index contributed by atoms with van der Waals surface area (Å²) in [6.07, 6.45) is 6.44. The van der Waals surface area contributed by atoms with Crippen LogP contribution in [-0.2, 0) is 0 Å². The molecule has 2 amide bonds. The number of rotatable bonds is 6. The molecule has 1 fully saturated rings. The normalized spacial score (nSPS) is 13.5. The molecule has 172 valence electrons. The number of hydrogen-bond donors (Lipinski definition) is 2. The van der Waals surface area contributed by atoms with Crippen LogP contribution in [0.1, 0.15) is 44.7 Å². The number of aromatic nitrogens is 2. The minimum Gasteiger partial charge on any atom is -0.417 e. The molecule has 0 saturated heterocycles. The second-order valence-corrected chi connectivity index (χ2v) is 8.70. The molecule has 2 heterocycles. The summed E-state index contributed by atoms with van der Waals surface area (Å²) < 4.78 is 13.2. The molecule has 8 heteroatoms. The second-order valence-electron chi connectivity index (χ2n) is 8.70. The van der Waals surface area contributed by atoms with E-state index in [2.05, 4.69) is 26.3 Å². The van der Waals surface area contributed by atoms with Crippen LogP contribution in [0.4, 0.5) is 10.5 Å². The molecule has 0 spiro atoms. The van der Waals surface area contributed by atoms with Crippen molar-refractivity contribution in [3.8, 4) is 29.2 Å². The number of hydrogen-bond acceptors (Lipinski definition) is 5. The fourth-order valence-electron chi connectivity index (χ4n) is 4.28. The minimum absolute atomic E-state index is 0.0491. The molecule has 0 bridgehead atoms. The smallest absolute Gasteiger partial charge is 0.399 e. The van der Waals surface area contributed by atoms with Crippen LogP contribution >= 0.6 is 0 Å². The third-order valence-corrected chi connectivity index (χ3v) is 5.98. The number of carbonyl (C=O) groups excluding carboxylic acids is 1. The Morgan fingerprint density at radius 3 is 2.65 bits per heavy atom. The van der Waals surface area contributed by atoms with Gasteiger partial charge in [0, 0.05) is 29.2 Å². The van der Waals surface area contributed by atoms with Crippen LogP contribution in [-0.4, -0.2) is 21.6 Å². The van der Waals surface area contributed by atoms with Gasteiger partial charge in [0.05, 0.1) is 23.0 Å². The van der Waals surface area contributed by atoms with E-state index in [-0.39, 0.29) is 18.1 Å². The summed E-state index contributed by atoms with van der Waals surface area (Å²) in [6, 6.07) is 15.8. The molecular formula is C26H25N5O3. The highest BCUT2D eigenvalue weighted by atomic mass is 16.6. The van der Waals surface area contributed by atoms with Crippen molar-refractivity contribution >= 4 is 22.6 Å². The maximum Gasteiger partial charge on any atom is 0.399 e. The zero-order valence-corrected chi connectivity index (χ0v) is 19.0. The largest absolute Gasteiger partial charge is 0.417 e. The molecule has 1 aliphatic carbocycles. The van der Waals surface area contributed by atoms with Crippen molar-refractivity contribution < 1.29 is 13.9 Å². The molecule has 5 rings (SSSR count). The van der Waals surface area contributed by atoms with Gasteiger partial charge in [0.15, 0.2) is 0 Å². The van der Waals surface area contributed by atoms with Crippen molar-refractivity contribution in [3.05, 3.63) is 60.5 Å². The summed E-state index contributed by atoms with van der Waals surface area (Å²) in [5, 5.41) is 16.6. The van der Waals surface area contributed by atoms with Gasteiger partial charge in [-0.05, 0) is 62.9 Å². The molecule has 0 aliphatic heterocycles. The van der Waals surface area contributed by atoms with E-state index in [0.29, 0.717) is 23.0 Å². The van der Waals surface area contributed by atoms with Crippen molar-refractivity contribution in [1.29, 1.82) is 5.26 Å². The Morgan fingerprint density at radius 2 is 2.03 bits per heavy atom. The van der Waals surface area contributed by atoms with E-state index >= 15 is 0 Å². The van der Waals surface area contributed by atoms with Crippen LogP contribution in [0.25, 0.3) is 22.2 Å². The molecule has 34 heavy (non-hydrogen) atoms. The highest BCUT2D eigenvalue weighted by Crippen LogP contribution is 2.43. The van der Waals surface area contributed by atoms with E-state index in [1.807, 2.05) is 56.3 Å². The number of urea groups is 1. The number of nitriles is 1. The van der Waals surface area contributed by atoms with Crippen molar-refractivity contribution in [2.24, 2.45) is 0 Å². The van der Waals surface area contributed by atoms with Crippen molar-refractivity contribution in [1.82, 2.24) is 14.9 Å². The third-order valence-electron chi connectivity index (χ3n) is 5.98. The van der Waals surface area contributed by atoms with E-state index in [0.717, 1.165) is 41.4 Å². The van der Waals surface area contributed by atoms with Gasteiger partial charge in [-0.2, -0.15) is 10.2 Å². The summed E-state index contributed by atoms with van der Waals surface area (Å²) in [4.78, 5) is 16.1. The monoisotopic (exact) mass is 455 g/mol. The Morgan fingerprint density at radius 1 is 1.24 bits per heavy atom. The molecule has 1 saturated carbocycles. The zero-order valence-electron chi connectivity index (χ0n) is 19.0. The number of nitrogens with one attached hydrogen (secondary N) is 2. The standard InChI is InChI=1S/C26H25N5O3/c1-16(2)29-25(32)30-18-8-6-17(7-9-18)24-22(15-27)21-11-10-20(34-26-28-12-13-33-26)14-23(21)31(24)19-4-3-5-19/h6-14,16,19H,3-5H2,1-2H3,(H2,29,30,32). The highest BCUT2D eigenvalue weighted by molar-refractivity contribution is 5.96. The topological polar surface area (TPSA) is 105 Å². The SMILES string of the molecule is CC(C)NC(=O)Nc1ccc(-c2c(C#N)c3ccc(Oc4ncco4)cc3n2C2CCC2)cc1. The number of oxazole rings is 1. The summed E-state index contributed by atoms with van der Waals surface area (Å²) in [5.41, 5.74) is 4.06. The van der Waals surface area contributed by atoms with E-state index < -0.39 is 0 Å². The van der Waals surface area contributed by atoms with Gasteiger partial charge in [0.25, 0.3) is 0 Å². The molecular weight excluding hydrogens is 430 g/mol. The quantitative estimate of drug-likeness (QED) is 0.359. The Hall–Kier alpha value is -4.25. The van der Waals surface area contributed by atoms with Crippen molar-refractivity contribution in [2.75, 3.05) is 5.32 Å². The molecule has 2 N–H and O–H groups in total. The molecule has 0 radical (unpaired) electrons. The zero-order chi connectivity index (χ0) is 23.7. The summed E-state index contributed by atoms with van der Waals surface area (Å²) in [7, 11) is 0. The number of ether oxygens (including phenoxy) is 1. The first-order valence-electron chi connectivity index (χ1n) is 11.4. The van der Waals surface area contributed by atoms with Gasteiger partial charge in [-0.1, -0.05) is 12.1 Å². The van der Waals surface area contributed by atoms with Crippen LogP contribution in [0, 0.1) is 11.3 Å². The van der Waals surface area contributed by atoms with Crippen LogP contribution in [0.2, 0.25) is 0 Å². The first-order chi connectivity index (χ1) is 16.5. The van der Waals surface area contributed by atoms with Crippen LogP contribution < -0.4 is 15.4 Å². The Labute approximate surface area is 197 Å².